The van der Waals surface area contributed by atoms with Crippen molar-refractivity contribution in [1.29, 1.82) is 0 Å². The Bertz CT molecular complexity index is 1200. The summed E-state index contributed by atoms with van der Waals surface area (Å²) in [5.41, 5.74) is 2.44. The summed E-state index contributed by atoms with van der Waals surface area (Å²) in [6.07, 6.45) is 6.64. The molecule has 0 saturated carbocycles. The molecule has 0 N–H and O–H groups in total. The van der Waals surface area contributed by atoms with Crippen LogP contribution in [0, 0.1) is 17.5 Å². The summed E-state index contributed by atoms with van der Waals surface area (Å²) in [5.74, 6) is -2.56. The van der Waals surface area contributed by atoms with Gasteiger partial charge in [0, 0.05) is 17.0 Å². The Morgan fingerprint density at radius 3 is 2.29 bits per heavy atom. The van der Waals surface area contributed by atoms with E-state index in [9.17, 15) is 18.0 Å². The molecule has 1 saturated heterocycles. The van der Waals surface area contributed by atoms with Crippen molar-refractivity contribution in [3.8, 4) is 28.0 Å². The first-order valence-electron chi connectivity index (χ1n) is 11.8. The van der Waals surface area contributed by atoms with Crippen molar-refractivity contribution in [3.05, 3.63) is 90.0 Å². The number of allylic oxidation sites excluding steroid dienone is 1. The van der Waals surface area contributed by atoms with Crippen molar-refractivity contribution >= 4 is 6.29 Å². The third kappa shape index (κ3) is 5.65. The first-order valence-corrected chi connectivity index (χ1v) is 11.8. The highest BCUT2D eigenvalue weighted by Crippen LogP contribution is 2.34. The molecule has 1 aliphatic heterocycles. The highest BCUT2D eigenvalue weighted by molar-refractivity contribution is 5.71. The third-order valence-electron chi connectivity index (χ3n) is 6.23. The van der Waals surface area contributed by atoms with Gasteiger partial charge in [0.2, 0.25) is 5.82 Å². The third-order valence-corrected chi connectivity index (χ3v) is 6.23. The van der Waals surface area contributed by atoms with Gasteiger partial charge in [0.05, 0.1) is 12.9 Å². The van der Waals surface area contributed by atoms with Gasteiger partial charge in [0.25, 0.3) is 0 Å². The van der Waals surface area contributed by atoms with Gasteiger partial charge in [0.1, 0.15) is 18.2 Å². The zero-order chi connectivity index (χ0) is 24.8. The number of carbonyl (C=O) groups is 1. The van der Waals surface area contributed by atoms with Crippen molar-refractivity contribution in [2.75, 3.05) is 6.61 Å². The van der Waals surface area contributed by atoms with Crippen LogP contribution < -0.4 is 4.74 Å². The Morgan fingerprint density at radius 2 is 1.66 bits per heavy atom. The van der Waals surface area contributed by atoms with Gasteiger partial charge in [-0.25, -0.2) is 8.78 Å². The molecule has 1 fully saturated rings. The molecule has 0 aromatic heterocycles. The summed E-state index contributed by atoms with van der Waals surface area (Å²) < 4.78 is 54.8. The van der Waals surface area contributed by atoms with Crippen LogP contribution in [0.1, 0.15) is 44.1 Å². The highest BCUT2D eigenvalue weighted by atomic mass is 19.2. The van der Waals surface area contributed by atoms with Gasteiger partial charge in [0.15, 0.2) is 11.6 Å². The van der Waals surface area contributed by atoms with Crippen LogP contribution in [0.5, 0.6) is 5.75 Å². The second-order valence-electron chi connectivity index (χ2n) is 8.62. The van der Waals surface area contributed by atoms with Gasteiger partial charge in [-0.3, -0.25) is 0 Å². The Labute approximate surface area is 203 Å². The number of halogens is 3. The SMILES string of the molecule is CCC/C=C\Oc1ccc(-c2ccc(-c3ccc(C4CCC(C=O)OC4)cc3F)cc2)c(F)c1F. The monoisotopic (exact) mass is 480 g/mol. The fourth-order valence-electron chi connectivity index (χ4n) is 4.19. The van der Waals surface area contributed by atoms with Crippen LogP contribution in [0.15, 0.2) is 66.9 Å². The van der Waals surface area contributed by atoms with E-state index in [1.54, 1.807) is 36.4 Å². The molecule has 0 radical (unpaired) electrons. The summed E-state index contributed by atoms with van der Waals surface area (Å²) in [4.78, 5) is 10.8. The normalized spacial score (nSPS) is 18.1. The number of aldehydes is 1. The van der Waals surface area contributed by atoms with Gasteiger partial charge in [-0.2, -0.15) is 4.39 Å². The van der Waals surface area contributed by atoms with E-state index >= 15 is 0 Å². The van der Waals surface area contributed by atoms with Crippen molar-refractivity contribution in [2.45, 2.75) is 44.6 Å². The van der Waals surface area contributed by atoms with Gasteiger partial charge < -0.3 is 14.3 Å². The summed E-state index contributed by atoms with van der Waals surface area (Å²) >= 11 is 0. The van der Waals surface area contributed by atoms with Gasteiger partial charge >= 0.3 is 0 Å². The topological polar surface area (TPSA) is 35.5 Å². The van der Waals surface area contributed by atoms with Gasteiger partial charge in [-0.1, -0.05) is 49.7 Å². The first-order chi connectivity index (χ1) is 17.0. The van der Waals surface area contributed by atoms with E-state index in [1.165, 1.54) is 24.5 Å². The van der Waals surface area contributed by atoms with Crippen molar-refractivity contribution in [2.24, 2.45) is 0 Å². The lowest BCUT2D eigenvalue weighted by molar-refractivity contribution is -0.121. The Kier molecular flexibility index (Phi) is 8.03. The van der Waals surface area contributed by atoms with Crippen LogP contribution in [0.4, 0.5) is 13.2 Å². The Hall–Kier alpha value is -3.38. The van der Waals surface area contributed by atoms with Crippen LogP contribution in [-0.4, -0.2) is 19.0 Å². The van der Waals surface area contributed by atoms with E-state index in [0.717, 1.165) is 31.1 Å². The minimum Gasteiger partial charge on any atom is -0.462 e. The largest absolute Gasteiger partial charge is 0.462 e. The molecule has 182 valence electrons. The number of benzene rings is 3. The molecule has 3 nitrogen and oxygen atoms in total. The van der Waals surface area contributed by atoms with Gasteiger partial charge in [-0.15, -0.1) is 0 Å². The minimum absolute atomic E-state index is 0.0454. The molecule has 0 aliphatic carbocycles. The molecule has 1 aliphatic rings. The molecule has 2 atom stereocenters. The van der Waals surface area contributed by atoms with E-state index in [1.807, 2.05) is 13.0 Å². The van der Waals surface area contributed by atoms with E-state index in [-0.39, 0.29) is 29.2 Å². The zero-order valence-corrected chi connectivity index (χ0v) is 19.5. The molecule has 0 bridgehead atoms. The Morgan fingerprint density at radius 1 is 0.943 bits per heavy atom. The van der Waals surface area contributed by atoms with Crippen molar-refractivity contribution < 1.29 is 27.4 Å². The average molecular weight is 481 g/mol. The standard InChI is InChI=1S/C29H27F3O3/c1-2-3-4-15-34-27-14-13-25(28(31)29(27)32)20-7-5-19(6-8-20)24-12-10-21(16-26(24)30)22-9-11-23(17-33)35-18-22/h4-8,10,12-17,22-23H,2-3,9,11,18H2,1H3/b15-4-. The van der Waals surface area contributed by atoms with E-state index in [4.69, 9.17) is 9.47 Å². The van der Waals surface area contributed by atoms with Crippen molar-refractivity contribution in [1.82, 2.24) is 0 Å². The molecular weight excluding hydrogens is 453 g/mol. The van der Waals surface area contributed by atoms with Crippen LogP contribution in [-0.2, 0) is 9.53 Å². The summed E-state index contributed by atoms with van der Waals surface area (Å²) in [6.45, 7) is 2.39. The number of hydrogen-bond acceptors (Lipinski definition) is 3. The number of ether oxygens (including phenoxy) is 2. The average Bonchev–Trinajstić information content (AvgIpc) is 2.89. The molecule has 6 heteroatoms. The van der Waals surface area contributed by atoms with Crippen LogP contribution in [0.25, 0.3) is 22.3 Å². The van der Waals surface area contributed by atoms with Crippen LogP contribution in [0.3, 0.4) is 0 Å². The predicted octanol–water partition coefficient (Wildman–Crippen LogP) is 7.59. The minimum atomic E-state index is -1.06. The number of unbranched alkanes of at least 4 members (excludes halogenated alkanes) is 1. The second kappa shape index (κ2) is 11.4. The lowest BCUT2D eigenvalue weighted by Crippen LogP contribution is -2.25. The number of rotatable bonds is 8. The van der Waals surface area contributed by atoms with Crippen LogP contribution in [0.2, 0.25) is 0 Å². The molecule has 0 amide bonds. The summed E-state index contributed by atoms with van der Waals surface area (Å²) in [7, 11) is 0. The predicted molar refractivity (Wildman–Crippen MR) is 130 cm³/mol. The smallest absolute Gasteiger partial charge is 0.201 e. The first kappa shape index (κ1) is 24.7. The molecule has 3 aromatic rings. The van der Waals surface area contributed by atoms with Gasteiger partial charge in [-0.05, 0) is 60.2 Å². The summed E-state index contributed by atoms with van der Waals surface area (Å²) in [6, 6.07) is 14.6. The van der Waals surface area contributed by atoms with Crippen LogP contribution >= 0.6 is 0 Å². The lowest BCUT2D eigenvalue weighted by atomic mass is 9.90. The summed E-state index contributed by atoms with van der Waals surface area (Å²) in [5, 5.41) is 0. The molecular formula is C29H27F3O3. The maximum absolute atomic E-state index is 14.9. The molecule has 0 spiro atoms. The quantitative estimate of drug-likeness (QED) is 0.246. The van der Waals surface area contributed by atoms with Crippen molar-refractivity contribution in [3.63, 3.8) is 0 Å². The maximum atomic E-state index is 14.9. The second-order valence-corrected chi connectivity index (χ2v) is 8.62. The lowest BCUT2D eigenvalue weighted by Gasteiger charge is -2.26. The Balaban J connectivity index is 1.50. The van der Waals surface area contributed by atoms with E-state index < -0.39 is 11.6 Å². The number of carbonyl (C=O) groups excluding carboxylic acids is 1. The zero-order valence-electron chi connectivity index (χ0n) is 19.5. The fraction of sp³-hybridized carbons (Fsp3) is 0.276. The van der Waals surface area contributed by atoms with E-state index in [0.29, 0.717) is 29.7 Å². The maximum Gasteiger partial charge on any atom is 0.201 e. The molecule has 4 rings (SSSR count). The van der Waals surface area contributed by atoms with E-state index in [2.05, 4.69) is 0 Å². The number of hydrogen-bond donors (Lipinski definition) is 0. The molecule has 1 heterocycles. The highest BCUT2D eigenvalue weighted by Gasteiger charge is 2.23. The molecule has 35 heavy (non-hydrogen) atoms. The molecule has 2 unspecified atom stereocenters. The fourth-order valence-corrected chi connectivity index (χ4v) is 4.19. The molecule has 3 aromatic carbocycles.